The monoisotopic (exact) mass is 262 g/mol. The fourth-order valence-electron chi connectivity index (χ4n) is 2.45. The van der Waals surface area contributed by atoms with Crippen LogP contribution in [0.4, 0.5) is 0 Å². The fourth-order valence-corrected chi connectivity index (χ4v) is 2.45. The van der Waals surface area contributed by atoms with Gasteiger partial charge in [0.1, 0.15) is 5.75 Å². The second-order valence-corrected chi connectivity index (χ2v) is 4.59. The van der Waals surface area contributed by atoms with Gasteiger partial charge in [-0.1, -0.05) is 48.5 Å². The second-order valence-electron chi connectivity index (χ2n) is 4.59. The van der Waals surface area contributed by atoms with E-state index in [0.717, 1.165) is 39.5 Å². The van der Waals surface area contributed by atoms with E-state index < -0.39 is 0 Å². The summed E-state index contributed by atoms with van der Waals surface area (Å²) in [6, 6.07) is 19.8. The largest absolute Gasteiger partial charge is 0.497 e. The number of hydrogen-bond donors (Lipinski definition) is 0. The van der Waals surface area contributed by atoms with Gasteiger partial charge in [0.25, 0.3) is 0 Å². The summed E-state index contributed by atoms with van der Waals surface area (Å²) in [6.07, 6.45) is 0.903. The molecule has 0 aromatic heterocycles. The summed E-state index contributed by atoms with van der Waals surface area (Å²) >= 11 is 0. The van der Waals surface area contributed by atoms with Gasteiger partial charge in [0.05, 0.1) is 7.11 Å². The average molecular weight is 262 g/mol. The lowest BCUT2D eigenvalue weighted by molar-refractivity contribution is 0.112. The maximum atomic E-state index is 11.1. The van der Waals surface area contributed by atoms with E-state index in [4.69, 9.17) is 4.74 Å². The van der Waals surface area contributed by atoms with Crippen molar-refractivity contribution < 1.29 is 9.53 Å². The molecule has 3 aromatic rings. The van der Waals surface area contributed by atoms with E-state index in [1.807, 2.05) is 60.7 Å². The highest BCUT2D eigenvalue weighted by Crippen LogP contribution is 2.31. The number of ether oxygens (including phenoxy) is 1. The molecule has 0 bridgehead atoms. The molecule has 3 rings (SSSR count). The highest BCUT2D eigenvalue weighted by atomic mass is 16.5. The molecule has 0 saturated carbocycles. The van der Waals surface area contributed by atoms with E-state index in [0.29, 0.717) is 0 Å². The van der Waals surface area contributed by atoms with Crippen molar-refractivity contribution in [2.75, 3.05) is 7.11 Å². The molecule has 98 valence electrons. The van der Waals surface area contributed by atoms with Crippen molar-refractivity contribution in [3.05, 3.63) is 66.2 Å². The molecule has 0 aliphatic heterocycles. The zero-order valence-electron chi connectivity index (χ0n) is 11.2. The van der Waals surface area contributed by atoms with Crippen LogP contribution in [0.15, 0.2) is 60.7 Å². The van der Waals surface area contributed by atoms with Crippen molar-refractivity contribution in [3.8, 4) is 16.9 Å². The zero-order valence-corrected chi connectivity index (χ0v) is 11.2. The van der Waals surface area contributed by atoms with Crippen LogP contribution in [-0.4, -0.2) is 13.4 Å². The first kappa shape index (κ1) is 12.4. The summed E-state index contributed by atoms with van der Waals surface area (Å²) in [5.74, 6) is 0.836. The molecule has 0 saturated heterocycles. The van der Waals surface area contributed by atoms with Crippen LogP contribution in [0.1, 0.15) is 10.4 Å². The molecule has 0 radical (unpaired) electrons. The van der Waals surface area contributed by atoms with E-state index in [9.17, 15) is 4.79 Å². The number of carbonyl (C=O) groups is 1. The lowest BCUT2D eigenvalue weighted by Gasteiger charge is -2.09. The molecule has 0 spiro atoms. The summed E-state index contributed by atoms with van der Waals surface area (Å²) in [5.41, 5.74) is 2.95. The number of benzene rings is 3. The third-order valence-corrected chi connectivity index (χ3v) is 3.49. The van der Waals surface area contributed by atoms with Crippen LogP contribution in [0.25, 0.3) is 21.9 Å². The smallest absolute Gasteiger partial charge is 0.150 e. The van der Waals surface area contributed by atoms with Crippen molar-refractivity contribution in [2.45, 2.75) is 0 Å². The Morgan fingerprint density at radius 3 is 2.20 bits per heavy atom. The van der Waals surface area contributed by atoms with Crippen LogP contribution < -0.4 is 4.74 Å². The summed E-state index contributed by atoms with van der Waals surface area (Å²) < 4.78 is 5.18. The Bertz CT molecular complexity index is 758. The van der Waals surface area contributed by atoms with Gasteiger partial charge in [0, 0.05) is 5.56 Å². The van der Waals surface area contributed by atoms with Crippen molar-refractivity contribution in [3.63, 3.8) is 0 Å². The Labute approximate surface area is 117 Å². The standard InChI is InChI=1S/C18H14O2/c1-20-15-9-6-13(7-10-15)17-11-8-14(12-19)16-4-2-3-5-18(16)17/h2-12H,1H3. The van der Waals surface area contributed by atoms with Gasteiger partial charge in [-0.3, -0.25) is 4.79 Å². The molecule has 0 unspecified atom stereocenters. The number of carbonyl (C=O) groups excluding carboxylic acids is 1. The van der Waals surface area contributed by atoms with Gasteiger partial charge in [-0.05, 0) is 34.0 Å². The predicted molar refractivity (Wildman–Crippen MR) is 81.3 cm³/mol. The van der Waals surface area contributed by atoms with E-state index >= 15 is 0 Å². The van der Waals surface area contributed by atoms with Crippen LogP contribution in [0.5, 0.6) is 5.75 Å². The molecular formula is C18H14O2. The summed E-state index contributed by atoms with van der Waals surface area (Å²) in [6.45, 7) is 0. The fraction of sp³-hybridized carbons (Fsp3) is 0.0556. The average Bonchev–Trinajstić information content (AvgIpc) is 2.54. The Morgan fingerprint density at radius 1 is 0.850 bits per heavy atom. The highest BCUT2D eigenvalue weighted by molar-refractivity contribution is 6.05. The molecule has 0 aliphatic rings. The number of methoxy groups -OCH3 is 1. The van der Waals surface area contributed by atoms with Crippen molar-refractivity contribution in [1.29, 1.82) is 0 Å². The molecule has 0 N–H and O–H groups in total. The number of aldehydes is 1. The quantitative estimate of drug-likeness (QED) is 0.657. The topological polar surface area (TPSA) is 26.3 Å². The van der Waals surface area contributed by atoms with Gasteiger partial charge in [-0.2, -0.15) is 0 Å². The molecule has 20 heavy (non-hydrogen) atoms. The first-order valence-electron chi connectivity index (χ1n) is 6.45. The number of hydrogen-bond acceptors (Lipinski definition) is 2. The highest BCUT2D eigenvalue weighted by Gasteiger charge is 2.07. The van der Waals surface area contributed by atoms with Gasteiger partial charge >= 0.3 is 0 Å². The minimum Gasteiger partial charge on any atom is -0.497 e. The van der Waals surface area contributed by atoms with Crippen molar-refractivity contribution in [1.82, 2.24) is 0 Å². The normalized spacial score (nSPS) is 10.4. The maximum absolute atomic E-state index is 11.1. The molecule has 0 amide bonds. The third-order valence-electron chi connectivity index (χ3n) is 3.49. The van der Waals surface area contributed by atoms with Crippen molar-refractivity contribution in [2.24, 2.45) is 0 Å². The Hall–Kier alpha value is -2.61. The van der Waals surface area contributed by atoms with E-state index in [1.54, 1.807) is 7.11 Å². The van der Waals surface area contributed by atoms with Crippen LogP contribution in [0, 0.1) is 0 Å². The van der Waals surface area contributed by atoms with Crippen LogP contribution in [-0.2, 0) is 0 Å². The maximum Gasteiger partial charge on any atom is 0.150 e. The summed E-state index contributed by atoms with van der Waals surface area (Å²) in [4.78, 5) is 11.1. The van der Waals surface area contributed by atoms with E-state index in [-0.39, 0.29) is 0 Å². The van der Waals surface area contributed by atoms with Gasteiger partial charge in [-0.25, -0.2) is 0 Å². The lowest BCUT2D eigenvalue weighted by Crippen LogP contribution is -1.88. The molecule has 2 nitrogen and oxygen atoms in total. The Morgan fingerprint density at radius 2 is 1.55 bits per heavy atom. The van der Waals surface area contributed by atoms with Gasteiger partial charge in [-0.15, -0.1) is 0 Å². The van der Waals surface area contributed by atoms with Crippen LogP contribution >= 0.6 is 0 Å². The van der Waals surface area contributed by atoms with E-state index in [1.165, 1.54) is 0 Å². The molecule has 0 aliphatic carbocycles. The van der Waals surface area contributed by atoms with E-state index in [2.05, 4.69) is 0 Å². The lowest BCUT2D eigenvalue weighted by atomic mass is 9.95. The second kappa shape index (κ2) is 5.17. The minimum atomic E-state index is 0.720. The van der Waals surface area contributed by atoms with Crippen LogP contribution in [0.2, 0.25) is 0 Å². The molecule has 0 fully saturated rings. The van der Waals surface area contributed by atoms with Crippen LogP contribution in [0.3, 0.4) is 0 Å². The number of fused-ring (bicyclic) bond motifs is 1. The molecule has 3 aromatic carbocycles. The summed E-state index contributed by atoms with van der Waals surface area (Å²) in [5, 5.41) is 2.07. The predicted octanol–water partition coefficient (Wildman–Crippen LogP) is 4.33. The molecular weight excluding hydrogens is 248 g/mol. The first-order chi connectivity index (χ1) is 9.83. The molecule has 2 heteroatoms. The van der Waals surface area contributed by atoms with Crippen molar-refractivity contribution >= 4 is 17.1 Å². The van der Waals surface area contributed by atoms with Gasteiger partial charge in [0.15, 0.2) is 6.29 Å². The Kier molecular flexibility index (Phi) is 3.21. The van der Waals surface area contributed by atoms with Gasteiger partial charge < -0.3 is 4.74 Å². The van der Waals surface area contributed by atoms with Gasteiger partial charge in [0.2, 0.25) is 0 Å². The molecule has 0 heterocycles. The SMILES string of the molecule is COc1ccc(-c2ccc(C=O)c3ccccc23)cc1. The zero-order chi connectivity index (χ0) is 13.9. The Balaban J connectivity index is 2.23. The minimum absolute atomic E-state index is 0.720. The number of rotatable bonds is 3. The third kappa shape index (κ3) is 2.05. The summed E-state index contributed by atoms with van der Waals surface area (Å²) in [7, 11) is 1.66. The molecule has 0 atom stereocenters. The first-order valence-corrected chi connectivity index (χ1v) is 6.45.